The molecule has 1 aliphatic carbocycles. The highest BCUT2D eigenvalue weighted by atomic mass is 16.3. The van der Waals surface area contributed by atoms with Crippen molar-refractivity contribution < 1.29 is 9.90 Å². The molecule has 1 aromatic rings. The molecule has 102 valence electrons. The highest BCUT2D eigenvalue weighted by Crippen LogP contribution is 2.22. The van der Waals surface area contributed by atoms with Crippen molar-refractivity contribution in [2.24, 2.45) is 0 Å². The molecule has 2 unspecified atom stereocenters. The van der Waals surface area contributed by atoms with Gasteiger partial charge in [0.1, 0.15) is 0 Å². The lowest BCUT2D eigenvalue weighted by Crippen LogP contribution is -2.45. The van der Waals surface area contributed by atoms with E-state index in [4.69, 9.17) is 0 Å². The Morgan fingerprint density at radius 1 is 1.47 bits per heavy atom. The summed E-state index contributed by atoms with van der Waals surface area (Å²) in [6, 6.07) is 3.67. The fourth-order valence-electron chi connectivity index (χ4n) is 2.47. The van der Waals surface area contributed by atoms with Crippen LogP contribution in [0.15, 0.2) is 30.6 Å². The van der Waals surface area contributed by atoms with Crippen LogP contribution in [0.5, 0.6) is 0 Å². The Morgan fingerprint density at radius 3 is 2.95 bits per heavy atom. The Bertz CT molecular complexity index is 445. The van der Waals surface area contributed by atoms with Gasteiger partial charge in [0.2, 0.25) is 5.91 Å². The van der Waals surface area contributed by atoms with Crippen molar-refractivity contribution in [3.63, 3.8) is 0 Å². The van der Waals surface area contributed by atoms with Crippen molar-refractivity contribution in [1.82, 2.24) is 9.88 Å². The number of amides is 1. The van der Waals surface area contributed by atoms with E-state index in [9.17, 15) is 9.90 Å². The van der Waals surface area contributed by atoms with Gasteiger partial charge in [-0.3, -0.25) is 9.78 Å². The molecule has 4 nitrogen and oxygen atoms in total. The molecule has 0 saturated heterocycles. The summed E-state index contributed by atoms with van der Waals surface area (Å²) < 4.78 is 0. The zero-order valence-corrected chi connectivity index (χ0v) is 11.2. The number of carbonyl (C=O) groups excluding carboxylic acids is 1. The lowest BCUT2D eigenvalue weighted by molar-refractivity contribution is -0.130. The molecule has 1 aliphatic rings. The summed E-state index contributed by atoms with van der Waals surface area (Å²) >= 11 is 0. The van der Waals surface area contributed by atoms with Gasteiger partial charge >= 0.3 is 0 Å². The standard InChI is InChI=1S/C15H20N2O2/c1-17(13-6-2-3-7-14(13)18)15(19)9-8-12-5-4-10-16-11-12/h4-5,8-11,13-14,18H,2-3,6-7H2,1H3/b9-8+. The number of hydrogen-bond donors (Lipinski definition) is 1. The second-order valence-corrected chi connectivity index (χ2v) is 4.99. The molecule has 0 spiro atoms. The third kappa shape index (κ3) is 3.64. The molecule has 1 aromatic heterocycles. The van der Waals surface area contributed by atoms with E-state index in [-0.39, 0.29) is 11.9 Å². The van der Waals surface area contributed by atoms with Crippen LogP contribution in [0.25, 0.3) is 6.08 Å². The first kappa shape index (κ1) is 13.7. The van der Waals surface area contributed by atoms with E-state index >= 15 is 0 Å². The molecule has 0 radical (unpaired) electrons. The summed E-state index contributed by atoms with van der Waals surface area (Å²) in [7, 11) is 1.76. The first-order valence-corrected chi connectivity index (χ1v) is 6.71. The number of aliphatic hydroxyl groups is 1. The zero-order valence-electron chi connectivity index (χ0n) is 11.2. The molecule has 0 bridgehead atoms. The molecule has 1 amide bonds. The monoisotopic (exact) mass is 260 g/mol. The summed E-state index contributed by atoms with van der Waals surface area (Å²) in [5, 5.41) is 9.95. The van der Waals surface area contributed by atoms with Crippen LogP contribution in [-0.2, 0) is 4.79 Å². The van der Waals surface area contributed by atoms with Gasteiger partial charge in [-0.25, -0.2) is 0 Å². The molecule has 1 fully saturated rings. The van der Waals surface area contributed by atoms with Crippen LogP contribution in [0.3, 0.4) is 0 Å². The van der Waals surface area contributed by atoms with Crippen LogP contribution in [-0.4, -0.2) is 40.1 Å². The third-order valence-corrected chi connectivity index (χ3v) is 3.64. The van der Waals surface area contributed by atoms with Crippen molar-refractivity contribution in [1.29, 1.82) is 0 Å². The maximum Gasteiger partial charge on any atom is 0.246 e. The van der Waals surface area contributed by atoms with Gasteiger partial charge in [-0.1, -0.05) is 18.9 Å². The number of pyridine rings is 1. The van der Waals surface area contributed by atoms with E-state index < -0.39 is 6.10 Å². The molecule has 1 heterocycles. The van der Waals surface area contributed by atoms with Crippen LogP contribution in [0, 0.1) is 0 Å². The average molecular weight is 260 g/mol. The topological polar surface area (TPSA) is 53.4 Å². The minimum atomic E-state index is -0.394. The van der Waals surface area contributed by atoms with Crippen molar-refractivity contribution in [2.45, 2.75) is 37.8 Å². The quantitative estimate of drug-likeness (QED) is 0.844. The maximum atomic E-state index is 12.1. The van der Waals surface area contributed by atoms with Gasteiger partial charge in [-0.05, 0) is 30.5 Å². The van der Waals surface area contributed by atoms with Crippen LogP contribution < -0.4 is 0 Å². The van der Waals surface area contributed by atoms with Crippen LogP contribution in [0.4, 0.5) is 0 Å². The molecule has 4 heteroatoms. The summed E-state index contributed by atoms with van der Waals surface area (Å²) in [5.41, 5.74) is 0.897. The average Bonchev–Trinajstić information content (AvgIpc) is 2.45. The van der Waals surface area contributed by atoms with Crippen LogP contribution >= 0.6 is 0 Å². The van der Waals surface area contributed by atoms with Crippen molar-refractivity contribution in [3.05, 3.63) is 36.2 Å². The van der Waals surface area contributed by atoms with Crippen molar-refractivity contribution in [3.8, 4) is 0 Å². The van der Waals surface area contributed by atoms with E-state index in [0.717, 1.165) is 31.2 Å². The molecular formula is C15H20N2O2. The second-order valence-electron chi connectivity index (χ2n) is 4.99. The Kier molecular flexibility index (Phi) is 4.68. The molecule has 2 rings (SSSR count). The SMILES string of the molecule is CN(C(=O)/C=C/c1cccnc1)C1CCCCC1O. The molecule has 0 aliphatic heterocycles. The van der Waals surface area contributed by atoms with Gasteiger partial charge in [-0.2, -0.15) is 0 Å². The lowest BCUT2D eigenvalue weighted by atomic mass is 9.91. The number of hydrogen-bond acceptors (Lipinski definition) is 3. The zero-order chi connectivity index (χ0) is 13.7. The van der Waals surface area contributed by atoms with Gasteiger partial charge in [0, 0.05) is 25.5 Å². The number of aliphatic hydroxyl groups excluding tert-OH is 1. The second kappa shape index (κ2) is 6.48. The van der Waals surface area contributed by atoms with Crippen molar-refractivity contribution in [2.75, 3.05) is 7.05 Å². The maximum absolute atomic E-state index is 12.1. The molecular weight excluding hydrogens is 240 g/mol. The minimum Gasteiger partial charge on any atom is -0.391 e. The number of aromatic nitrogens is 1. The summed E-state index contributed by atoms with van der Waals surface area (Å²) in [6.07, 6.45) is 10.1. The van der Waals surface area contributed by atoms with Gasteiger partial charge in [0.25, 0.3) is 0 Å². The molecule has 19 heavy (non-hydrogen) atoms. The van der Waals surface area contributed by atoms with Crippen molar-refractivity contribution >= 4 is 12.0 Å². The van der Waals surface area contributed by atoms with E-state index in [1.165, 1.54) is 0 Å². The summed E-state index contributed by atoms with van der Waals surface area (Å²) in [5.74, 6) is -0.0743. The minimum absolute atomic E-state index is 0.0557. The Hall–Kier alpha value is -1.68. The molecule has 2 atom stereocenters. The first-order valence-electron chi connectivity index (χ1n) is 6.71. The molecule has 1 N–H and O–H groups in total. The number of likely N-dealkylation sites (N-methyl/N-ethyl adjacent to an activating group) is 1. The van der Waals surface area contributed by atoms with Crippen LogP contribution in [0.1, 0.15) is 31.2 Å². The van der Waals surface area contributed by atoms with E-state index in [0.29, 0.717) is 0 Å². The predicted molar refractivity (Wildman–Crippen MR) is 74.3 cm³/mol. The van der Waals surface area contributed by atoms with E-state index in [1.54, 1.807) is 36.5 Å². The third-order valence-electron chi connectivity index (χ3n) is 3.64. The Morgan fingerprint density at radius 2 is 2.26 bits per heavy atom. The van der Waals surface area contributed by atoms with E-state index in [2.05, 4.69) is 4.98 Å². The van der Waals surface area contributed by atoms with Gasteiger partial charge in [-0.15, -0.1) is 0 Å². The number of carbonyl (C=O) groups is 1. The highest BCUT2D eigenvalue weighted by molar-refractivity contribution is 5.91. The molecule has 0 aromatic carbocycles. The Labute approximate surface area is 113 Å². The van der Waals surface area contributed by atoms with Gasteiger partial charge < -0.3 is 10.0 Å². The summed E-state index contributed by atoms with van der Waals surface area (Å²) in [4.78, 5) is 17.7. The fraction of sp³-hybridized carbons (Fsp3) is 0.467. The lowest BCUT2D eigenvalue weighted by Gasteiger charge is -2.34. The number of nitrogens with zero attached hydrogens (tertiary/aromatic N) is 2. The predicted octanol–water partition coefficient (Wildman–Crippen LogP) is 1.86. The number of rotatable bonds is 3. The Balaban J connectivity index is 1.97. The molecule has 1 saturated carbocycles. The van der Waals surface area contributed by atoms with E-state index in [1.807, 2.05) is 12.1 Å². The first-order chi connectivity index (χ1) is 9.18. The smallest absolute Gasteiger partial charge is 0.246 e. The largest absolute Gasteiger partial charge is 0.391 e. The summed E-state index contributed by atoms with van der Waals surface area (Å²) in [6.45, 7) is 0. The van der Waals surface area contributed by atoms with Gasteiger partial charge in [0.05, 0.1) is 12.1 Å². The fourth-order valence-corrected chi connectivity index (χ4v) is 2.47. The van der Waals surface area contributed by atoms with Crippen LogP contribution in [0.2, 0.25) is 0 Å². The van der Waals surface area contributed by atoms with Gasteiger partial charge in [0.15, 0.2) is 0 Å². The normalized spacial score (nSPS) is 23.5. The highest BCUT2D eigenvalue weighted by Gasteiger charge is 2.28.